The number of methoxy groups -OCH3 is 1. The van der Waals surface area contributed by atoms with Gasteiger partial charge in [-0.1, -0.05) is 42.0 Å². The number of hydrogen-bond acceptors (Lipinski definition) is 4. The molecule has 3 aromatic rings. The van der Waals surface area contributed by atoms with E-state index in [4.69, 9.17) is 4.74 Å². The Labute approximate surface area is 175 Å². The predicted molar refractivity (Wildman–Crippen MR) is 110 cm³/mol. The summed E-state index contributed by atoms with van der Waals surface area (Å²) in [6, 6.07) is 11.9. The number of aryl methyl sites for hydroxylation is 2. The fraction of sp³-hybridized carbons (Fsp3) is 0.182. The van der Waals surface area contributed by atoms with E-state index in [0.717, 1.165) is 39.5 Å². The van der Waals surface area contributed by atoms with Crippen LogP contribution in [0.25, 0.3) is 11.1 Å². The quantitative estimate of drug-likeness (QED) is 0.507. The lowest BCUT2D eigenvalue weighted by atomic mass is 10.00. The van der Waals surface area contributed by atoms with Crippen LogP contribution in [-0.4, -0.2) is 19.0 Å². The van der Waals surface area contributed by atoms with Gasteiger partial charge in [-0.05, 0) is 31.5 Å². The van der Waals surface area contributed by atoms with Gasteiger partial charge in [-0.2, -0.15) is 13.2 Å². The van der Waals surface area contributed by atoms with Crippen LogP contribution in [-0.2, 0) is 10.9 Å². The van der Waals surface area contributed by atoms with Gasteiger partial charge in [0.25, 0.3) is 5.91 Å². The molecule has 0 fully saturated rings. The van der Waals surface area contributed by atoms with Crippen LogP contribution in [0.3, 0.4) is 0 Å². The predicted octanol–water partition coefficient (Wildman–Crippen LogP) is 6.09. The van der Waals surface area contributed by atoms with Crippen LogP contribution in [0.4, 0.5) is 18.2 Å². The lowest BCUT2D eigenvalue weighted by Gasteiger charge is -2.13. The Balaban J connectivity index is 2.08. The Bertz CT molecular complexity index is 1100. The van der Waals surface area contributed by atoms with Gasteiger partial charge in [0.05, 0.1) is 18.2 Å². The number of carbonyl (C=O) groups is 2. The highest BCUT2D eigenvalue weighted by molar-refractivity contribution is 7.17. The molecule has 0 aliphatic carbocycles. The maximum atomic E-state index is 13.3. The van der Waals surface area contributed by atoms with Crippen LogP contribution in [0.15, 0.2) is 48.5 Å². The van der Waals surface area contributed by atoms with Crippen molar-refractivity contribution >= 4 is 28.2 Å². The number of anilines is 1. The molecular weight excluding hydrogens is 415 g/mol. The molecule has 0 radical (unpaired) electrons. The number of halogens is 3. The summed E-state index contributed by atoms with van der Waals surface area (Å²) in [4.78, 5) is 25.9. The minimum absolute atomic E-state index is 0.113. The maximum Gasteiger partial charge on any atom is 0.417 e. The van der Waals surface area contributed by atoms with Gasteiger partial charge in [-0.25, -0.2) is 4.79 Å². The Morgan fingerprint density at radius 1 is 1.00 bits per heavy atom. The minimum atomic E-state index is -4.68. The lowest BCUT2D eigenvalue weighted by Crippen LogP contribution is -2.19. The highest BCUT2D eigenvalue weighted by atomic mass is 32.1. The van der Waals surface area contributed by atoms with Crippen molar-refractivity contribution in [3.8, 4) is 11.1 Å². The number of carbonyl (C=O) groups excluding carboxylic acids is 2. The first-order chi connectivity index (χ1) is 14.1. The molecule has 0 aliphatic rings. The number of thiophene rings is 1. The van der Waals surface area contributed by atoms with Gasteiger partial charge in [0, 0.05) is 10.4 Å². The van der Waals surface area contributed by atoms with E-state index in [2.05, 4.69) is 5.32 Å². The van der Waals surface area contributed by atoms with E-state index in [0.29, 0.717) is 5.56 Å². The lowest BCUT2D eigenvalue weighted by molar-refractivity contribution is -0.137. The first-order valence-electron chi connectivity index (χ1n) is 8.89. The second kappa shape index (κ2) is 8.31. The van der Waals surface area contributed by atoms with Gasteiger partial charge in [-0.3, -0.25) is 4.79 Å². The molecule has 0 saturated carbocycles. The van der Waals surface area contributed by atoms with Crippen LogP contribution in [0.2, 0.25) is 0 Å². The molecule has 3 rings (SSSR count). The Kier molecular flexibility index (Phi) is 5.98. The Hall–Kier alpha value is -3.13. The summed E-state index contributed by atoms with van der Waals surface area (Å²) in [6.45, 7) is 3.70. The van der Waals surface area contributed by atoms with E-state index in [1.54, 1.807) is 6.92 Å². The molecule has 8 heteroatoms. The molecule has 0 atom stereocenters. The normalized spacial score (nSPS) is 11.3. The fourth-order valence-corrected chi connectivity index (χ4v) is 4.16. The first kappa shape index (κ1) is 21.6. The summed E-state index contributed by atoms with van der Waals surface area (Å²) in [5.41, 5.74) is 0.889. The molecule has 2 aromatic carbocycles. The summed E-state index contributed by atoms with van der Waals surface area (Å²) in [7, 11) is 1.21. The monoisotopic (exact) mass is 433 g/mol. The number of amides is 1. The van der Waals surface area contributed by atoms with E-state index >= 15 is 0 Å². The zero-order valence-corrected chi connectivity index (χ0v) is 17.2. The number of hydrogen-bond donors (Lipinski definition) is 1. The number of rotatable bonds is 4. The van der Waals surface area contributed by atoms with Crippen molar-refractivity contribution in [2.24, 2.45) is 0 Å². The van der Waals surface area contributed by atoms with Gasteiger partial charge in [0.2, 0.25) is 0 Å². The van der Waals surface area contributed by atoms with Crippen molar-refractivity contribution in [3.05, 3.63) is 75.7 Å². The molecule has 0 spiro atoms. The van der Waals surface area contributed by atoms with Crippen molar-refractivity contribution in [1.82, 2.24) is 0 Å². The van der Waals surface area contributed by atoms with Crippen LogP contribution < -0.4 is 5.32 Å². The average molecular weight is 433 g/mol. The second-order valence-electron chi connectivity index (χ2n) is 6.59. The van der Waals surface area contributed by atoms with E-state index < -0.39 is 29.2 Å². The largest absolute Gasteiger partial charge is 0.465 e. The zero-order chi connectivity index (χ0) is 22.1. The summed E-state index contributed by atoms with van der Waals surface area (Å²) < 4.78 is 44.7. The third-order valence-corrected chi connectivity index (χ3v) is 5.54. The highest BCUT2D eigenvalue weighted by Gasteiger charge is 2.35. The van der Waals surface area contributed by atoms with Crippen molar-refractivity contribution in [1.29, 1.82) is 0 Å². The maximum absolute atomic E-state index is 13.3. The molecule has 0 bridgehead atoms. The summed E-state index contributed by atoms with van der Waals surface area (Å²) >= 11 is 1.11. The number of nitrogens with one attached hydrogen (secondary N) is 1. The van der Waals surface area contributed by atoms with Crippen LogP contribution in [0.1, 0.15) is 36.7 Å². The number of alkyl halides is 3. The van der Waals surface area contributed by atoms with Gasteiger partial charge < -0.3 is 10.1 Å². The molecule has 1 heterocycles. The second-order valence-corrected chi connectivity index (χ2v) is 7.82. The smallest absolute Gasteiger partial charge is 0.417 e. The van der Waals surface area contributed by atoms with Gasteiger partial charge in [0.1, 0.15) is 10.6 Å². The summed E-state index contributed by atoms with van der Waals surface area (Å²) in [5, 5.41) is 2.61. The number of esters is 1. The third-order valence-electron chi connectivity index (χ3n) is 4.52. The van der Waals surface area contributed by atoms with Crippen molar-refractivity contribution in [2.45, 2.75) is 20.0 Å². The van der Waals surface area contributed by atoms with Crippen LogP contribution in [0.5, 0.6) is 0 Å². The highest BCUT2D eigenvalue weighted by Crippen LogP contribution is 2.41. The van der Waals surface area contributed by atoms with Gasteiger partial charge >= 0.3 is 12.1 Å². The standard InChI is InChI=1S/C22H18F3NO3S/c1-12-8-10-14(11-9-12)17-13(2)30-20(18(17)21(28)29-3)26-19(27)15-6-4-5-7-16(15)22(23,24)25/h4-11H,1-3H3,(H,26,27). The van der Waals surface area contributed by atoms with Crippen molar-refractivity contribution < 1.29 is 27.5 Å². The van der Waals surface area contributed by atoms with E-state index in [-0.39, 0.29) is 10.6 Å². The average Bonchev–Trinajstić information content (AvgIpc) is 3.03. The van der Waals surface area contributed by atoms with Gasteiger partial charge in [-0.15, -0.1) is 11.3 Å². The fourth-order valence-electron chi connectivity index (χ4n) is 3.10. The van der Waals surface area contributed by atoms with E-state index in [1.165, 1.54) is 19.2 Å². The molecule has 1 N–H and O–H groups in total. The molecule has 0 unspecified atom stereocenters. The van der Waals surface area contributed by atoms with E-state index in [1.807, 2.05) is 31.2 Å². The van der Waals surface area contributed by atoms with Gasteiger partial charge in [0.15, 0.2) is 0 Å². The van der Waals surface area contributed by atoms with Crippen molar-refractivity contribution in [2.75, 3.05) is 12.4 Å². The zero-order valence-electron chi connectivity index (χ0n) is 16.4. The molecule has 0 saturated heterocycles. The SMILES string of the molecule is COC(=O)c1c(NC(=O)c2ccccc2C(F)(F)F)sc(C)c1-c1ccc(C)cc1. The summed E-state index contributed by atoms with van der Waals surface area (Å²) in [6.07, 6.45) is -4.68. The van der Waals surface area contributed by atoms with Crippen LogP contribution in [0, 0.1) is 13.8 Å². The minimum Gasteiger partial charge on any atom is -0.465 e. The molecule has 1 amide bonds. The van der Waals surface area contributed by atoms with Crippen molar-refractivity contribution in [3.63, 3.8) is 0 Å². The Morgan fingerprint density at radius 2 is 1.63 bits per heavy atom. The third kappa shape index (κ3) is 4.23. The summed E-state index contributed by atoms with van der Waals surface area (Å²) in [5.74, 6) is -1.64. The Morgan fingerprint density at radius 3 is 2.23 bits per heavy atom. The number of benzene rings is 2. The molecular formula is C22H18F3NO3S. The van der Waals surface area contributed by atoms with Crippen LogP contribution >= 0.6 is 11.3 Å². The molecule has 4 nitrogen and oxygen atoms in total. The first-order valence-corrected chi connectivity index (χ1v) is 9.71. The molecule has 1 aromatic heterocycles. The number of ether oxygens (including phenoxy) is 1. The molecule has 30 heavy (non-hydrogen) atoms. The topological polar surface area (TPSA) is 55.4 Å². The van der Waals surface area contributed by atoms with E-state index in [9.17, 15) is 22.8 Å². The molecule has 0 aliphatic heterocycles. The molecule has 156 valence electrons.